The van der Waals surface area contributed by atoms with E-state index in [1.54, 1.807) is 6.33 Å². The summed E-state index contributed by atoms with van der Waals surface area (Å²) in [6, 6.07) is 0. The number of hydrogen-bond donors (Lipinski definition) is 1. The molecular weight excluding hydrogens is 182 g/mol. The zero-order valence-corrected chi connectivity index (χ0v) is 8.52. The van der Waals surface area contributed by atoms with Crippen molar-refractivity contribution in [2.75, 3.05) is 0 Å². The van der Waals surface area contributed by atoms with Gasteiger partial charge in [0, 0.05) is 6.54 Å². The average molecular weight is 197 g/mol. The lowest BCUT2D eigenvalue weighted by atomic mass is 10.0. The van der Waals surface area contributed by atoms with E-state index in [2.05, 4.69) is 10.2 Å². The second-order valence-electron chi connectivity index (χ2n) is 3.79. The normalized spacial score (nSPS) is 18.2. The van der Waals surface area contributed by atoms with Crippen LogP contribution in [-0.4, -0.2) is 14.8 Å². The van der Waals surface area contributed by atoms with Crippen molar-refractivity contribution in [3.63, 3.8) is 0 Å². The van der Waals surface area contributed by atoms with E-state index in [4.69, 9.17) is 12.2 Å². The number of aromatic nitrogens is 3. The van der Waals surface area contributed by atoms with Crippen molar-refractivity contribution in [1.82, 2.24) is 14.8 Å². The Bertz CT molecular complexity index is 309. The van der Waals surface area contributed by atoms with Crippen LogP contribution >= 0.6 is 12.2 Å². The van der Waals surface area contributed by atoms with E-state index in [0.717, 1.165) is 17.2 Å². The minimum Gasteiger partial charge on any atom is -0.307 e. The molecule has 0 amide bonds. The van der Waals surface area contributed by atoms with Gasteiger partial charge in [-0.3, -0.25) is 5.10 Å². The van der Waals surface area contributed by atoms with Crippen LogP contribution in [0.2, 0.25) is 0 Å². The van der Waals surface area contributed by atoms with Gasteiger partial charge in [0.2, 0.25) is 0 Å². The average Bonchev–Trinajstić information content (AvgIpc) is 2.72. The van der Waals surface area contributed by atoms with Gasteiger partial charge in [0.15, 0.2) is 4.77 Å². The molecule has 4 heteroatoms. The molecule has 13 heavy (non-hydrogen) atoms. The molecule has 0 radical (unpaired) electrons. The van der Waals surface area contributed by atoms with Crippen LogP contribution in [0.1, 0.15) is 32.1 Å². The summed E-state index contributed by atoms with van der Waals surface area (Å²) in [5, 5.41) is 6.67. The van der Waals surface area contributed by atoms with Gasteiger partial charge in [0.25, 0.3) is 0 Å². The second kappa shape index (κ2) is 4.05. The van der Waals surface area contributed by atoms with Crippen LogP contribution < -0.4 is 0 Å². The van der Waals surface area contributed by atoms with Crippen molar-refractivity contribution in [2.45, 2.75) is 38.6 Å². The predicted molar refractivity (Wildman–Crippen MR) is 54.0 cm³/mol. The molecule has 0 bridgehead atoms. The first kappa shape index (κ1) is 8.94. The zero-order valence-electron chi connectivity index (χ0n) is 7.70. The van der Waals surface area contributed by atoms with Crippen LogP contribution in [0.3, 0.4) is 0 Å². The summed E-state index contributed by atoms with van der Waals surface area (Å²) in [5.41, 5.74) is 0. The standard InChI is InChI=1S/C9H15N3S/c13-9-11-10-7-12(9)6-5-8-3-1-2-4-8/h7-8H,1-6H2,(H,11,13). The van der Waals surface area contributed by atoms with Gasteiger partial charge in [-0.1, -0.05) is 25.7 Å². The fourth-order valence-electron chi connectivity index (χ4n) is 2.05. The maximum atomic E-state index is 5.07. The van der Waals surface area contributed by atoms with E-state index in [9.17, 15) is 0 Å². The fourth-order valence-corrected chi connectivity index (χ4v) is 2.24. The third kappa shape index (κ3) is 2.18. The summed E-state index contributed by atoms with van der Waals surface area (Å²) in [6.07, 6.45) is 8.70. The first-order valence-electron chi connectivity index (χ1n) is 4.96. The number of nitrogens with zero attached hydrogens (tertiary/aromatic N) is 2. The quantitative estimate of drug-likeness (QED) is 0.755. The fraction of sp³-hybridized carbons (Fsp3) is 0.778. The number of nitrogens with one attached hydrogen (secondary N) is 1. The summed E-state index contributed by atoms with van der Waals surface area (Å²) in [5.74, 6) is 0.928. The molecule has 72 valence electrons. The molecule has 1 fully saturated rings. The van der Waals surface area contributed by atoms with Gasteiger partial charge in [-0.25, -0.2) is 0 Å². The van der Waals surface area contributed by atoms with Crippen LogP contribution in [0.25, 0.3) is 0 Å². The number of aryl methyl sites for hydroxylation is 1. The van der Waals surface area contributed by atoms with Gasteiger partial charge in [0.1, 0.15) is 6.33 Å². The van der Waals surface area contributed by atoms with Crippen molar-refractivity contribution < 1.29 is 0 Å². The predicted octanol–water partition coefficient (Wildman–Crippen LogP) is 2.52. The Balaban J connectivity index is 1.85. The molecule has 3 nitrogen and oxygen atoms in total. The molecule has 0 aliphatic heterocycles. The van der Waals surface area contributed by atoms with Gasteiger partial charge in [-0.05, 0) is 24.6 Å². The third-order valence-corrected chi connectivity index (χ3v) is 3.20. The molecule has 0 saturated heterocycles. The van der Waals surface area contributed by atoms with Crippen molar-refractivity contribution in [3.05, 3.63) is 11.1 Å². The highest BCUT2D eigenvalue weighted by molar-refractivity contribution is 7.71. The Labute approximate surface area is 83.2 Å². The number of rotatable bonds is 3. The molecule has 0 unspecified atom stereocenters. The van der Waals surface area contributed by atoms with Gasteiger partial charge in [-0.15, -0.1) is 0 Å². The minimum atomic E-state index is 0.748. The summed E-state index contributed by atoms with van der Waals surface area (Å²) in [6.45, 7) is 1.03. The van der Waals surface area contributed by atoms with E-state index in [1.807, 2.05) is 4.57 Å². The maximum Gasteiger partial charge on any atom is 0.194 e. The van der Waals surface area contributed by atoms with E-state index < -0.39 is 0 Å². The molecule has 1 N–H and O–H groups in total. The van der Waals surface area contributed by atoms with Crippen molar-refractivity contribution in [2.24, 2.45) is 5.92 Å². The Morgan fingerprint density at radius 1 is 1.54 bits per heavy atom. The topological polar surface area (TPSA) is 33.6 Å². The first-order chi connectivity index (χ1) is 6.36. The largest absolute Gasteiger partial charge is 0.307 e. The zero-order chi connectivity index (χ0) is 9.10. The Morgan fingerprint density at radius 3 is 2.92 bits per heavy atom. The number of H-pyrrole nitrogens is 1. The number of hydrogen-bond acceptors (Lipinski definition) is 2. The molecule has 1 saturated carbocycles. The van der Waals surface area contributed by atoms with E-state index in [0.29, 0.717) is 0 Å². The van der Waals surface area contributed by atoms with Crippen molar-refractivity contribution in [1.29, 1.82) is 0 Å². The summed E-state index contributed by atoms with van der Waals surface area (Å²) < 4.78 is 2.77. The van der Waals surface area contributed by atoms with Gasteiger partial charge >= 0.3 is 0 Å². The summed E-state index contributed by atoms with van der Waals surface area (Å²) in [7, 11) is 0. The van der Waals surface area contributed by atoms with Crippen molar-refractivity contribution >= 4 is 12.2 Å². The van der Waals surface area contributed by atoms with Crippen LogP contribution in [-0.2, 0) is 6.54 Å². The molecule has 1 aromatic heterocycles. The molecule has 2 rings (SSSR count). The van der Waals surface area contributed by atoms with Crippen molar-refractivity contribution in [3.8, 4) is 0 Å². The Morgan fingerprint density at radius 2 is 2.31 bits per heavy atom. The lowest BCUT2D eigenvalue weighted by Gasteiger charge is -2.07. The summed E-state index contributed by atoms with van der Waals surface area (Å²) in [4.78, 5) is 0. The van der Waals surface area contributed by atoms with E-state index in [1.165, 1.54) is 32.1 Å². The second-order valence-corrected chi connectivity index (χ2v) is 4.18. The van der Waals surface area contributed by atoms with E-state index in [-0.39, 0.29) is 0 Å². The molecule has 1 aliphatic rings. The van der Waals surface area contributed by atoms with Crippen LogP contribution in [0.5, 0.6) is 0 Å². The van der Waals surface area contributed by atoms with Gasteiger partial charge in [-0.2, -0.15) is 5.10 Å². The highest BCUT2D eigenvalue weighted by atomic mass is 32.1. The molecule has 1 aliphatic carbocycles. The van der Waals surface area contributed by atoms with Crippen LogP contribution in [0.15, 0.2) is 6.33 Å². The summed E-state index contributed by atoms with van der Waals surface area (Å²) >= 11 is 5.07. The molecular formula is C9H15N3S. The highest BCUT2D eigenvalue weighted by Gasteiger charge is 2.14. The first-order valence-corrected chi connectivity index (χ1v) is 5.37. The Hall–Kier alpha value is -0.640. The SMILES string of the molecule is S=c1[nH]ncn1CCC1CCCC1. The van der Waals surface area contributed by atoms with Crippen LogP contribution in [0.4, 0.5) is 0 Å². The minimum absolute atomic E-state index is 0.748. The van der Waals surface area contributed by atoms with Gasteiger partial charge < -0.3 is 4.57 Å². The maximum absolute atomic E-state index is 5.07. The molecule has 1 aromatic rings. The molecule has 0 aromatic carbocycles. The Kier molecular flexibility index (Phi) is 2.78. The van der Waals surface area contributed by atoms with Crippen LogP contribution in [0, 0.1) is 10.7 Å². The monoisotopic (exact) mass is 197 g/mol. The highest BCUT2D eigenvalue weighted by Crippen LogP contribution is 2.27. The molecule has 0 spiro atoms. The van der Waals surface area contributed by atoms with E-state index >= 15 is 0 Å². The molecule has 0 atom stereocenters. The smallest absolute Gasteiger partial charge is 0.194 e. The van der Waals surface area contributed by atoms with Gasteiger partial charge in [0.05, 0.1) is 0 Å². The third-order valence-electron chi connectivity index (χ3n) is 2.87. The molecule has 1 heterocycles. The lowest BCUT2D eigenvalue weighted by Crippen LogP contribution is -2.02. The number of aromatic amines is 1. The lowest BCUT2D eigenvalue weighted by molar-refractivity contribution is 0.456.